The summed E-state index contributed by atoms with van der Waals surface area (Å²) in [4.78, 5) is 22.9. The number of thioether (sulfide) groups is 1. The second kappa shape index (κ2) is 8.76. The molecule has 0 N–H and O–H groups in total. The van der Waals surface area contributed by atoms with Crippen molar-refractivity contribution in [2.24, 2.45) is 0 Å². The predicted octanol–water partition coefficient (Wildman–Crippen LogP) is 4.06. The number of piperazine rings is 1. The number of benzene rings is 2. The summed E-state index contributed by atoms with van der Waals surface area (Å²) in [6.45, 7) is 6.42. The normalized spacial score (nSPS) is 16.2. The lowest BCUT2D eigenvalue weighted by molar-refractivity contribution is -0.132. The molecule has 4 rings (SSSR count). The lowest BCUT2D eigenvalue weighted by Crippen LogP contribution is -2.50. The SMILES string of the molecule is CC(Sc1ccnc2ccccc12)C(=O)N1CCN(Cc2ccccc2)CC1. The van der Waals surface area contributed by atoms with Crippen LogP contribution in [0, 0.1) is 0 Å². The first kappa shape index (κ1) is 19.0. The van der Waals surface area contributed by atoms with Crippen molar-refractivity contribution in [3.63, 3.8) is 0 Å². The molecule has 1 unspecified atom stereocenters. The van der Waals surface area contributed by atoms with E-state index in [4.69, 9.17) is 0 Å². The first-order valence-corrected chi connectivity index (χ1v) is 10.6. The first-order valence-electron chi connectivity index (χ1n) is 9.76. The molecule has 28 heavy (non-hydrogen) atoms. The molecule has 144 valence electrons. The molecule has 0 saturated carbocycles. The number of fused-ring (bicyclic) bond motifs is 1. The van der Waals surface area contributed by atoms with Crippen LogP contribution in [0.5, 0.6) is 0 Å². The van der Waals surface area contributed by atoms with Gasteiger partial charge in [0, 0.05) is 49.2 Å². The Bertz CT molecular complexity index is 933. The third-order valence-electron chi connectivity index (χ3n) is 5.19. The number of pyridine rings is 1. The van der Waals surface area contributed by atoms with E-state index in [0.717, 1.165) is 48.5 Å². The molecule has 1 amide bonds. The Morgan fingerprint density at radius 2 is 1.71 bits per heavy atom. The lowest BCUT2D eigenvalue weighted by atomic mass is 10.2. The highest BCUT2D eigenvalue weighted by Crippen LogP contribution is 2.30. The van der Waals surface area contributed by atoms with Crippen LogP contribution in [-0.4, -0.2) is 52.1 Å². The molecular formula is C23H25N3OS. The molecule has 5 heteroatoms. The molecule has 1 atom stereocenters. The van der Waals surface area contributed by atoms with Crippen LogP contribution in [-0.2, 0) is 11.3 Å². The smallest absolute Gasteiger partial charge is 0.235 e. The molecule has 1 aliphatic heterocycles. The molecule has 1 saturated heterocycles. The van der Waals surface area contributed by atoms with Crippen molar-refractivity contribution in [2.45, 2.75) is 23.6 Å². The van der Waals surface area contributed by atoms with Gasteiger partial charge < -0.3 is 4.90 Å². The Kier molecular flexibility index (Phi) is 5.93. The molecule has 4 nitrogen and oxygen atoms in total. The Hall–Kier alpha value is -2.37. The quantitative estimate of drug-likeness (QED) is 0.615. The van der Waals surface area contributed by atoms with Crippen molar-refractivity contribution >= 4 is 28.6 Å². The molecule has 1 fully saturated rings. The second-order valence-corrected chi connectivity index (χ2v) is 8.56. The average Bonchev–Trinajstić information content (AvgIpc) is 2.75. The van der Waals surface area contributed by atoms with Gasteiger partial charge in [-0.25, -0.2) is 0 Å². The molecule has 0 spiro atoms. The minimum Gasteiger partial charge on any atom is -0.339 e. The van der Waals surface area contributed by atoms with Crippen molar-refractivity contribution in [2.75, 3.05) is 26.2 Å². The predicted molar refractivity (Wildman–Crippen MR) is 115 cm³/mol. The van der Waals surface area contributed by atoms with Crippen molar-refractivity contribution in [1.29, 1.82) is 0 Å². The van der Waals surface area contributed by atoms with E-state index >= 15 is 0 Å². The van der Waals surface area contributed by atoms with Gasteiger partial charge in [-0.15, -0.1) is 11.8 Å². The first-order chi connectivity index (χ1) is 13.7. The summed E-state index contributed by atoms with van der Waals surface area (Å²) in [6, 6.07) is 20.6. The number of carbonyl (C=O) groups excluding carboxylic acids is 1. The Labute approximate surface area is 170 Å². The number of hydrogen-bond acceptors (Lipinski definition) is 4. The molecule has 1 aromatic heterocycles. The van der Waals surface area contributed by atoms with E-state index in [2.05, 4.69) is 40.2 Å². The van der Waals surface area contributed by atoms with Crippen molar-refractivity contribution in [1.82, 2.24) is 14.8 Å². The number of carbonyl (C=O) groups is 1. The summed E-state index contributed by atoms with van der Waals surface area (Å²) < 4.78 is 0. The van der Waals surface area contributed by atoms with Crippen molar-refractivity contribution in [3.8, 4) is 0 Å². The zero-order valence-electron chi connectivity index (χ0n) is 16.1. The maximum absolute atomic E-state index is 13.0. The van der Waals surface area contributed by atoms with Gasteiger partial charge in [0.15, 0.2) is 0 Å². The van der Waals surface area contributed by atoms with Crippen LogP contribution in [0.15, 0.2) is 71.8 Å². The molecule has 0 aliphatic carbocycles. The molecular weight excluding hydrogens is 366 g/mol. The van der Waals surface area contributed by atoms with Crippen LogP contribution >= 0.6 is 11.8 Å². The summed E-state index contributed by atoms with van der Waals surface area (Å²) in [6.07, 6.45) is 1.82. The van der Waals surface area contributed by atoms with E-state index in [9.17, 15) is 4.79 Å². The standard InChI is InChI=1S/C23H25N3OS/c1-18(28-22-11-12-24-21-10-6-5-9-20(21)22)23(27)26-15-13-25(14-16-26)17-19-7-3-2-4-8-19/h2-12,18H,13-17H2,1H3. The van der Waals surface area contributed by atoms with E-state index in [1.165, 1.54) is 5.56 Å². The zero-order valence-corrected chi connectivity index (χ0v) is 16.9. The topological polar surface area (TPSA) is 36.4 Å². The van der Waals surface area contributed by atoms with Gasteiger partial charge in [0.05, 0.1) is 10.8 Å². The van der Waals surface area contributed by atoms with Crippen LogP contribution < -0.4 is 0 Å². The number of rotatable bonds is 5. The van der Waals surface area contributed by atoms with Crippen LogP contribution in [0.1, 0.15) is 12.5 Å². The summed E-state index contributed by atoms with van der Waals surface area (Å²) in [5.41, 5.74) is 2.30. The molecule has 0 radical (unpaired) electrons. The van der Waals surface area contributed by atoms with Crippen molar-refractivity contribution < 1.29 is 4.79 Å². The highest BCUT2D eigenvalue weighted by molar-refractivity contribution is 8.00. The van der Waals surface area contributed by atoms with Gasteiger partial charge in [-0.3, -0.25) is 14.7 Å². The maximum atomic E-state index is 13.0. The van der Waals surface area contributed by atoms with E-state index in [1.54, 1.807) is 11.8 Å². The Balaban J connectivity index is 1.34. The van der Waals surface area contributed by atoms with Crippen LogP contribution in [0.25, 0.3) is 10.9 Å². The fourth-order valence-corrected chi connectivity index (χ4v) is 4.71. The van der Waals surface area contributed by atoms with Crippen LogP contribution in [0.3, 0.4) is 0 Å². The number of hydrogen-bond donors (Lipinski definition) is 0. The minimum absolute atomic E-state index is 0.105. The number of nitrogens with zero attached hydrogens (tertiary/aromatic N) is 3. The summed E-state index contributed by atoms with van der Waals surface area (Å²) >= 11 is 1.63. The van der Waals surface area contributed by atoms with Gasteiger partial charge in [-0.2, -0.15) is 0 Å². The number of aromatic nitrogens is 1. The minimum atomic E-state index is -0.105. The third kappa shape index (κ3) is 4.37. The van der Waals surface area contributed by atoms with Gasteiger partial charge in [-0.1, -0.05) is 48.5 Å². The molecule has 3 aromatic rings. The number of para-hydroxylation sites is 1. The van der Waals surface area contributed by atoms with Gasteiger partial charge in [-0.05, 0) is 24.6 Å². The monoisotopic (exact) mass is 391 g/mol. The third-order valence-corrected chi connectivity index (χ3v) is 6.36. The van der Waals surface area contributed by atoms with Crippen LogP contribution in [0.4, 0.5) is 0 Å². The van der Waals surface area contributed by atoms with E-state index in [-0.39, 0.29) is 11.2 Å². The van der Waals surface area contributed by atoms with Crippen molar-refractivity contribution in [3.05, 3.63) is 72.4 Å². The molecule has 2 aromatic carbocycles. The van der Waals surface area contributed by atoms with Gasteiger partial charge in [0.1, 0.15) is 0 Å². The Morgan fingerprint density at radius 1 is 1.00 bits per heavy atom. The fraction of sp³-hybridized carbons (Fsp3) is 0.304. The van der Waals surface area contributed by atoms with Crippen LogP contribution in [0.2, 0.25) is 0 Å². The molecule has 1 aliphatic rings. The summed E-state index contributed by atoms with van der Waals surface area (Å²) in [5, 5.41) is 1.01. The lowest BCUT2D eigenvalue weighted by Gasteiger charge is -2.36. The van der Waals surface area contributed by atoms with E-state index in [1.807, 2.05) is 48.4 Å². The summed E-state index contributed by atoms with van der Waals surface area (Å²) in [5.74, 6) is 0.227. The molecule has 0 bridgehead atoms. The Morgan fingerprint density at radius 3 is 2.50 bits per heavy atom. The fourth-order valence-electron chi connectivity index (χ4n) is 3.64. The summed E-state index contributed by atoms with van der Waals surface area (Å²) in [7, 11) is 0. The van der Waals surface area contributed by atoms with E-state index in [0.29, 0.717) is 0 Å². The average molecular weight is 392 g/mol. The molecule has 2 heterocycles. The number of amides is 1. The van der Waals surface area contributed by atoms with E-state index < -0.39 is 0 Å². The second-order valence-electron chi connectivity index (χ2n) is 7.17. The highest BCUT2D eigenvalue weighted by atomic mass is 32.2. The van der Waals surface area contributed by atoms with Gasteiger partial charge >= 0.3 is 0 Å². The zero-order chi connectivity index (χ0) is 19.3. The van der Waals surface area contributed by atoms with Gasteiger partial charge in [0.2, 0.25) is 5.91 Å². The maximum Gasteiger partial charge on any atom is 0.235 e. The largest absolute Gasteiger partial charge is 0.339 e. The highest BCUT2D eigenvalue weighted by Gasteiger charge is 2.25. The van der Waals surface area contributed by atoms with Gasteiger partial charge in [0.25, 0.3) is 0 Å².